The molecule has 0 radical (unpaired) electrons. The highest BCUT2D eigenvalue weighted by Gasteiger charge is 2.26. The van der Waals surface area contributed by atoms with E-state index in [9.17, 15) is 9.59 Å². The lowest BCUT2D eigenvalue weighted by atomic mass is 9.86. The smallest absolute Gasteiger partial charge is 0.260 e. The number of rotatable bonds is 5. The number of hydrogen-bond donors (Lipinski definition) is 1. The molecule has 0 spiro atoms. The molecular formula is C25H31ClN2O3. The molecule has 1 saturated heterocycles. The summed E-state index contributed by atoms with van der Waals surface area (Å²) in [6, 6.07) is 14.9. The minimum Gasteiger partial charge on any atom is -0.481 e. The monoisotopic (exact) mass is 442 g/mol. The number of ether oxygens (including phenoxy) is 1. The first kappa shape index (κ1) is 23.1. The van der Waals surface area contributed by atoms with E-state index >= 15 is 0 Å². The maximum absolute atomic E-state index is 12.8. The lowest BCUT2D eigenvalue weighted by molar-refractivity contribution is -0.128. The van der Waals surface area contributed by atoms with E-state index in [1.807, 2.05) is 29.2 Å². The number of amides is 2. The molecule has 1 heterocycles. The third-order valence-corrected chi connectivity index (χ3v) is 5.87. The second kappa shape index (κ2) is 9.73. The Bertz CT molecular complexity index is 896. The number of piperidine rings is 1. The van der Waals surface area contributed by atoms with Crippen molar-refractivity contribution in [2.75, 3.05) is 13.1 Å². The summed E-state index contributed by atoms with van der Waals surface area (Å²) in [6.07, 6.45) is 0.846. The summed E-state index contributed by atoms with van der Waals surface area (Å²) in [6.45, 7) is 9.44. The lowest BCUT2D eigenvalue weighted by Crippen LogP contribution is -2.49. The first-order valence-corrected chi connectivity index (χ1v) is 11.1. The molecule has 0 aliphatic carbocycles. The van der Waals surface area contributed by atoms with Gasteiger partial charge in [-0.3, -0.25) is 9.59 Å². The first-order chi connectivity index (χ1) is 14.6. The molecule has 1 aliphatic rings. The van der Waals surface area contributed by atoms with Crippen molar-refractivity contribution in [2.24, 2.45) is 0 Å². The van der Waals surface area contributed by atoms with Crippen LogP contribution in [0.25, 0.3) is 0 Å². The summed E-state index contributed by atoms with van der Waals surface area (Å²) >= 11 is 5.87. The van der Waals surface area contributed by atoms with E-state index in [0.717, 1.165) is 12.8 Å². The summed E-state index contributed by atoms with van der Waals surface area (Å²) in [7, 11) is 0. The fraction of sp³-hybridized carbons (Fsp3) is 0.440. The number of likely N-dealkylation sites (tertiary alicyclic amines) is 1. The van der Waals surface area contributed by atoms with Crippen LogP contribution in [0, 0.1) is 0 Å². The molecule has 1 aliphatic heterocycles. The van der Waals surface area contributed by atoms with Crippen LogP contribution in [0.2, 0.25) is 5.02 Å². The summed E-state index contributed by atoms with van der Waals surface area (Å²) in [4.78, 5) is 27.2. The molecule has 31 heavy (non-hydrogen) atoms. The van der Waals surface area contributed by atoms with Crippen molar-refractivity contribution in [3.63, 3.8) is 0 Å². The van der Waals surface area contributed by atoms with Crippen molar-refractivity contribution in [2.45, 2.75) is 58.1 Å². The van der Waals surface area contributed by atoms with E-state index in [-0.39, 0.29) is 23.3 Å². The highest BCUT2D eigenvalue weighted by Crippen LogP contribution is 2.23. The third-order valence-electron chi connectivity index (χ3n) is 5.62. The van der Waals surface area contributed by atoms with Crippen LogP contribution in [0.4, 0.5) is 0 Å². The Morgan fingerprint density at radius 3 is 2.16 bits per heavy atom. The number of carbonyl (C=O) groups is 2. The van der Waals surface area contributed by atoms with E-state index in [1.165, 1.54) is 5.56 Å². The second-order valence-corrected chi connectivity index (χ2v) is 9.55. The molecule has 6 heteroatoms. The van der Waals surface area contributed by atoms with Gasteiger partial charge in [-0.15, -0.1) is 0 Å². The maximum Gasteiger partial charge on any atom is 0.260 e. The van der Waals surface area contributed by atoms with Gasteiger partial charge in [0.15, 0.2) is 6.10 Å². The van der Waals surface area contributed by atoms with Gasteiger partial charge in [0, 0.05) is 29.7 Å². The van der Waals surface area contributed by atoms with Gasteiger partial charge in [-0.25, -0.2) is 0 Å². The molecule has 2 aromatic carbocycles. The predicted molar refractivity (Wildman–Crippen MR) is 124 cm³/mol. The zero-order chi connectivity index (χ0) is 22.6. The van der Waals surface area contributed by atoms with E-state index in [4.69, 9.17) is 16.3 Å². The van der Waals surface area contributed by atoms with Gasteiger partial charge in [-0.1, -0.05) is 44.5 Å². The fourth-order valence-corrected chi connectivity index (χ4v) is 3.74. The molecule has 166 valence electrons. The van der Waals surface area contributed by atoms with Crippen LogP contribution in [0.15, 0.2) is 48.5 Å². The Morgan fingerprint density at radius 2 is 1.61 bits per heavy atom. The maximum atomic E-state index is 12.8. The first-order valence-electron chi connectivity index (χ1n) is 10.8. The summed E-state index contributed by atoms with van der Waals surface area (Å²) in [5, 5.41) is 3.67. The third kappa shape index (κ3) is 6.23. The van der Waals surface area contributed by atoms with E-state index in [0.29, 0.717) is 29.4 Å². The summed E-state index contributed by atoms with van der Waals surface area (Å²) in [5.74, 6) is 0.493. The topological polar surface area (TPSA) is 58.6 Å². The van der Waals surface area contributed by atoms with E-state index < -0.39 is 6.10 Å². The van der Waals surface area contributed by atoms with Crippen molar-refractivity contribution in [1.29, 1.82) is 0 Å². The zero-order valence-corrected chi connectivity index (χ0v) is 19.4. The van der Waals surface area contributed by atoms with Crippen LogP contribution in [0.1, 0.15) is 56.5 Å². The highest BCUT2D eigenvalue weighted by molar-refractivity contribution is 6.30. The van der Waals surface area contributed by atoms with Gasteiger partial charge in [-0.05, 0) is 67.1 Å². The fourth-order valence-electron chi connectivity index (χ4n) is 3.61. The van der Waals surface area contributed by atoms with Crippen molar-refractivity contribution >= 4 is 23.4 Å². The second-order valence-electron chi connectivity index (χ2n) is 9.12. The minimum absolute atomic E-state index is 0.0380. The molecule has 2 aromatic rings. The molecule has 1 unspecified atom stereocenters. The minimum atomic E-state index is -0.609. The van der Waals surface area contributed by atoms with Crippen LogP contribution >= 0.6 is 11.6 Å². The van der Waals surface area contributed by atoms with Gasteiger partial charge in [0.05, 0.1) is 0 Å². The SMILES string of the molecule is CC(Oc1ccc(Cl)cc1)C(=O)NC1CCN(C(=O)c2ccc(C(C)(C)C)cc2)CC1. The Hall–Kier alpha value is -2.53. The molecule has 2 amide bonds. The van der Waals surface area contributed by atoms with Crippen molar-refractivity contribution in [1.82, 2.24) is 10.2 Å². The van der Waals surface area contributed by atoms with Crippen molar-refractivity contribution in [3.05, 3.63) is 64.7 Å². The van der Waals surface area contributed by atoms with Crippen LogP contribution < -0.4 is 10.1 Å². The predicted octanol–water partition coefficient (Wildman–Crippen LogP) is 4.83. The van der Waals surface area contributed by atoms with Crippen LogP contribution in [0.3, 0.4) is 0 Å². The highest BCUT2D eigenvalue weighted by atomic mass is 35.5. The van der Waals surface area contributed by atoms with Gasteiger partial charge >= 0.3 is 0 Å². The van der Waals surface area contributed by atoms with Crippen molar-refractivity contribution < 1.29 is 14.3 Å². The molecular weight excluding hydrogens is 412 g/mol. The normalized spacial score (nSPS) is 16.0. The molecule has 0 aromatic heterocycles. The summed E-state index contributed by atoms with van der Waals surface area (Å²) < 4.78 is 5.69. The number of hydrogen-bond acceptors (Lipinski definition) is 3. The van der Waals surface area contributed by atoms with Gasteiger partial charge in [0.25, 0.3) is 11.8 Å². The average molecular weight is 443 g/mol. The van der Waals surface area contributed by atoms with Crippen molar-refractivity contribution in [3.8, 4) is 5.75 Å². The van der Waals surface area contributed by atoms with Gasteiger partial charge < -0.3 is 15.0 Å². The van der Waals surface area contributed by atoms with Gasteiger partial charge in [-0.2, -0.15) is 0 Å². The van der Waals surface area contributed by atoms with Gasteiger partial charge in [0.1, 0.15) is 5.75 Å². The molecule has 5 nitrogen and oxygen atoms in total. The molecule has 0 saturated carbocycles. The molecule has 1 atom stereocenters. The Labute approximate surface area is 189 Å². The van der Waals surface area contributed by atoms with Crippen LogP contribution in [-0.2, 0) is 10.2 Å². The van der Waals surface area contributed by atoms with Gasteiger partial charge in [0.2, 0.25) is 0 Å². The molecule has 1 fully saturated rings. The Morgan fingerprint density at radius 1 is 1.03 bits per heavy atom. The molecule has 1 N–H and O–H groups in total. The number of nitrogens with zero attached hydrogens (tertiary/aromatic N) is 1. The average Bonchev–Trinajstić information content (AvgIpc) is 2.75. The number of benzene rings is 2. The standard InChI is InChI=1S/C25H31ClN2O3/c1-17(31-22-11-9-20(26)10-12-22)23(29)27-21-13-15-28(16-14-21)24(30)18-5-7-19(8-6-18)25(2,3)4/h5-12,17,21H,13-16H2,1-4H3,(H,27,29). The Kier molecular flexibility index (Phi) is 7.26. The van der Waals surface area contributed by atoms with Crippen LogP contribution in [-0.4, -0.2) is 41.9 Å². The van der Waals surface area contributed by atoms with E-state index in [2.05, 4.69) is 26.1 Å². The molecule has 0 bridgehead atoms. The quantitative estimate of drug-likeness (QED) is 0.721. The van der Waals surface area contributed by atoms with E-state index in [1.54, 1.807) is 31.2 Å². The number of carbonyl (C=O) groups excluding carboxylic acids is 2. The zero-order valence-electron chi connectivity index (χ0n) is 18.7. The summed E-state index contributed by atoms with van der Waals surface area (Å²) in [5.41, 5.74) is 1.98. The number of nitrogens with one attached hydrogen (secondary N) is 1. The Balaban J connectivity index is 1.48. The lowest BCUT2D eigenvalue weighted by Gasteiger charge is -2.33. The molecule has 3 rings (SSSR count). The van der Waals surface area contributed by atoms with Crippen LogP contribution in [0.5, 0.6) is 5.75 Å². The number of halogens is 1. The largest absolute Gasteiger partial charge is 0.481 e.